The summed E-state index contributed by atoms with van der Waals surface area (Å²) in [7, 11) is 3.00. The van der Waals surface area contributed by atoms with E-state index in [9.17, 15) is 9.18 Å². The molecule has 0 bridgehead atoms. The van der Waals surface area contributed by atoms with Crippen molar-refractivity contribution >= 4 is 5.97 Å². The molecule has 0 N–H and O–H groups in total. The van der Waals surface area contributed by atoms with Crippen LogP contribution in [0.3, 0.4) is 0 Å². The van der Waals surface area contributed by atoms with Crippen molar-refractivity contribution in [2.75, 3.05) is 14.2 Å². The van der Waals surface area contributed by atoms with Gasteiger partial charge in [0, 0.05) is 5.56 Å². The number of methoxy groups -OCH3 is 2. The van der Waals surface area contributed by atoms with E-state index in [1.165, 1.54) is 18.7 Å². The maximum Gasteiger partial charge on any atom is 0.306 e. The van der Waals surface area contributed by atoms with Crippen LogP contribution in [0.5, 0.6) is 11.5 Å². The topological polar surface area (TPSA) is 44.8 Å². The molecule has 3 aromatic carbocycles. The van der Waals surface area contributed by atoms with E-state index in [2.05, 4.69) is 32.9 Å². The Bertz CT molecular complexity index is 1210. The number of hydrogen-bond acceptors (Lipinski definition) is 4. The first-order valence-corrected chi connectivity index (χ1v) is 11.5. The summed E-state index contributed by atoms with van der Waals surface area (Å²) in [6, 6.07) is 16.9. The minimum absolute atomic E-state index is 0.190. The number of ether oxygens (including phenoxy) is 3. The van der Waals surface area contributed by atoms with Gasteiger partial charge in [0.2, 0.25) is 0 Å². The largest absolute Gasteiger partial charge is 0.497 e. The molecule has 0 radical (unpaired) electrons. The number of carbonyl (C=O) groups is 1. The molecule has 178 valence electrons. The standard InChI is InChI=1S/C29H31FO4/c1-29(2,3)26-12-18(6-10-23(26)25-15-21(32-4)9-11-27(25)30)17-34-22-8-7-19-13-20(24(19)16-22)14-28(31)33-5/h6-12,15-16,20H,13-14,17H2,1-5H3. The molecule has 0 saturated heterocycles. The number of rotatable bonds is 7. The third-order valence-electron chi connectivity index (χ3n) is 6.43. The second-order valence-corrected chi connectivity index (χ2v) is 9.81. The Kier molecular flexibility index (Phi) is 6.65. The molecule has 3 aromatic rings. The van der Waals surface area contributed by atoms with E-state index < -0.39 is 0 Å². The Morgan fingerprint density at radius 1 is 0.971 bits per heavy atom. The molecule has 1 aliphatic carbocycles. The first kappa shape index (κ1) is 23.8. The number of hydrogen-bond donors (Lipinski definition) is 0. The van der Waals surface area contributed by atoms with Gasteiger partial charge in [0.1, 0.15) is 23.9 Å². The molecule has 4 nitrogen and oxygen atoms in total. The van der Waals surface area contributed by atoms with Crippen LogP contribution in [-0.4, -0.2) is 20.2 Å². The molecular weight excluding hydrogens is 431 g/mol. The summed E-state index contributed by atoms with van der Waals surface area (Å²) in [6.45, 7) is 6.75. The van der Waals surface area contributed by atoms with Crippen molar-refractivity contribution in [3.63, 3.8) is 0 Å². The Labute approximate surface area is 200 Å². The van der Waals surface area contributed by atoms with Crippen molar-refractivity contribution in [3.8, 4) is 22.6 Å². The van der Waals surface area contributed by atoms with Gasteiger partial charge in [0.25, 0.3) is 0 Å². The van der Waals surface area contributed by atoms with Crippen LogP contribution >= 0.6 is 0 Å². The van der Waals surface area contributed by atoms with E-state index in [1.54, 1.807) is 19.2 Å². The third-order valence-corrected chi connectivity index (χ3v) is 6.43. The van der Waals surface area contributed by atoms with E-state index in [1.807, 2.05) is 24.3 Å². The molecule has 0 saturated carbocycles. The minimum Gasteiger partial charge on any atom is -0.497 e. The molecule has 0 amide bonds. The Morgan fingerprint density at radius 2 is 1.74 bits per heavy atom. The minimum atomic E-state index is -0.279. The SMILES string of the molecule is COC(=O)CC1Cc2ccc(OCc3ccc(-c4cc(OC)ccc4F)c(C(C)(C)C)c3)cc21. The van der Waals surface area contributed by atoms with Crippen LogP contribution in [0.25, 0.3) is 11.1 Å². The molecule has 0 aromatic heterocycles. The molecule has 1 aliphatic rings. The fourth-order valence-electron chi connectivity index (χ4n) is 4.48. The van der Waals surface area contributed by atoms with Gasteiger partial charge in [0.15, 0.2) is 0 Å². The molecule has 34 heavy (non-hydrogen) atoms. The van der Waals surface area contributed by atoms with Crippen LogP contribution in [0.15, 0.2) is 54.6 Å². The van der Waals surface area contributed by atoms with Gasteiger partial charge in [0.05, 0.1) is 20.6 Å². The van der Waals surface area contributed by atoms with Crippen molar-refractivity contribution in [1.82, 2.24) is 0 Å². The summed E-state index contributed by atoms with van der Waals surface area (Å²) in [4.78, 5) is 11.6. The van der Waals surface area contributed by atoms with Gasteiger partial charge < -0.3 is 14.2 Å². The lowest BCUT2D eigenvalue weighted by atomic mass is 9.76. The van der Waals surface area contributed by atoms with Crippen molar-refractivity contribution in [3.05, 3.63) is 82.7 Å². The molecular formula is C29H31FO4. The third kappa shape index (κ3) is 4.93. The fourth-order valence-corrected chi connectivity index (χ4v) is 4.48. The fraction of sp³-hybridized carbons (Fsp3) is 0.345. The lowest BCUT2D eigenvalue weighted by Gasteiger charge is -2.30. The van der Waals surface area contributed by atoms with Crippen molar-refractivity contribution in [2.24, 2.45) is 0 Å². The lowest BCUT2D eigenvalue weighted by molar-refractivity contribution is -0.141. The molecule has 4 rings (SSSR count). The predicted octanol–water partition coefficient (Wildman–Crippen LogP) is 6.58. The zero-order valence-electron chi connectivity index (χ0n) is 20.4. The second-order valence-electron chi connectivity index (χ2n) is 9.81. The van der Waals surface area contributed by atoms with Gasteiger partial charge in [-0.25, -0.2) is 4.39 Å². The predicted molar refractivity (Wildman–Crippen MR) is 131 cm³/mol. The maximum absolute atomic E-state index is 14.7. The lowest BCUT2D eigenvalue weighted by Crippen LogP contribution is -2.21. The van der Waals surface area contributed by atoms with Crippen LogP contribution in [0, 0.1) is 5.82 Å². The number of esters is 1. The number of benzene rings is 3. The van der Waals surface area contributed by atoms with Gasteiger partial charge >= 0.3 is 5.97 Å². The van der Waals surface area contributed by atoms with Crippen LogP contribution in [0.1, 0.15) is 55.4 Å². The normalized spacial score (nSPS) is 14.7. The summed E-state index contributed by atoms with van der Waals surface area (Å²) in [5.74, 6) is 1.11. The quantitative estimate of drug-likeness (QED) is 0.372. The number of carbonyl (C=O) groups excluding carboxylic acids is 1. The average molecular weight is 463 g/mol. The van der Waals surface area contributed by atoms with Crippen LogP contribution in [0.4, 0.5) is 4.39 Å². The molecule has 0 fully saturated rings. The van der Waals surface area contributed by atoms with Gasteiger partial charge in [-0.2, -0.15) is 0 Å². The highest BCUT2D eigenvalue weighted by atomic mass is 19.1. The van der Waals surface area contributed by atoms with Crippen molar-refractivity contribution in [1.29, 1.82) is 0 Å². The van der Waals surface area contributed by atoms with Gasteiger partial charge in [-0.15, -0.1) is 0 Å². The van der Waals surface area contributed by atoms with Crippen molar-refractivity contribution < 1.29 is 23.4 Å². The average Bonchev–Trinajstić information content (AvgIpc) is 2.81. The second kappa shape index (κ2) is 9.49. The Morgan fingerprint density at radius 3 is 2.44 bits per heavy atom. The monoisotopic (exact) mass is 462 g/mol. The number of halogens is 1. The highest BCUT2D eigenvalue weighted by Crippen LogP contribution is 2.40. The summed E-state index contributed by atoms with van der Waals surface area (Å²) in [5.41, 5.74) is 5.62. The van der Waals surface area contributed by atoms with Crippen LogP contribution < -0.4 is 9.47 Å². The van der Waals surface area contributed by atoms with Gasteiger partial charge in [-0.1, -0.05) is 45.0 Å². The van der Waals surface area contributed by atoms with Gasteiger partial charge in [-0.05, 0) is 75.9 Å². The highest BCUT2D eigenvalue weighted by Gasteiger charge is 2.29. The summed E-state index contributed by atoms with van der Waals surface area (Å²) >= 11 is 0. The zero-order valence-corrected chi connectivity index (χ0v) is 20.4. The molecule has 0 spiro atoms. The first-order chi connectivity index (χ1) is 16.2. The van der Waals surface area contributed by atoms with E-state index in [4.69, 9.17) is 14.2 Å². The number of fused-ring (bicyclic) bond motifs is 1. The van der Waals surface area contributed by atoms with Gasteiger partial charge in [-0.3, -0.25) is 4.79 Å². The van der Waals surface area contributed by atoms with E-state index in [0.29, 0.717) is 24.3 Å². The molecule has 1 atom stereocenters. The zero-order chi connectivity index (χ0) is 24.5. The smallest absolute Gasteiger partial charge is 0.306 e. The molecule has 1 unspecified atom stereocenters. The molecule has 0 aliphatic heterocycles. The Balaban J connectivity index is 1.56. The summed E-state index contributed by atoms with van der Waals surface area (Å²) < 4.78 is 31.0. The molecule has 5 heteroatoms. The van der Waals surface area contributed by atoms with E-state index in [0.717, 1.165) is 34.4 Å². The molecule has 0 heterocycles. The van der Waals surface area contributed by atoms with E-state index >= 15 is 0 Å². The Hall–Kier alpha value is -3.34. The van der Waals surface area contributed by atoms with Crippen LogP contribution in [0.2, 0.25) is 0 Å². The summed E-state index contributed by atoms with van der Waals surface area (Å²) in [5, 5.41) is 0. The van der Waals surface area contributed by atoms with Crippen molar-refractivity contribution in [2.45, 2.75) is 51.6 Å². The maximum atomic E-state index is 14.7. The van der Waals surface area contributed by atoms with Crippen LogP contribution in [-0.2, 0) is 28.0 Å². The highest BCUT2D eigenvalue weighted by molar-refractivity contribution is 5.72. The van der Waals surface area contributed by atoms with E-state index in [-0.39, 0.29) is 23.1 Å². The first-order valence-electron chi connectivity index (χ1n) is 11.5. The summed E-state index contributed by atoms with van der Waals surface area (Å²) in [6.07, 6.45) is 1.28.